The lowest BCUT2D eigenvalue weighted by molar-refractivity contribution is 0.628. The van der Waals surface area contributed by atoms with Gasteiger partial charge in [-0.3, -0.25) is 4.98 Å². The predicted octanol–water partition coefficient (Wildman–Crippen LogP) is 4.88. The number of imidazole rings is 1. The lowest BCUT2D eigenvalue weighted by atomic mass is 9.92. The topological polar surface area (TPSA) is 79.4 Å². The minimum absolute atomic E-state index is 0.130. The van der Waals surface area contributed by atoms with Crippen molar-refractivity contribution in [3.8, 4) is 11.1 Å². The molecule has 142 valence electrons. The Labute approximate surface area is 165 Å². The molecule has 0 bridgehead atoms. The van der Waals surface area contributed by atoms with Crippen LogP contribution in [0.25, 0.3) is 33.2 Å². The minimum atomic E-state index is -0.281. The van der Waals surface area contributed by atoms with Crippen LogP contribution in [-0.2, 0) is 0 Å². The predicted molar refractivity (Wildman–Crippen MR) is 111 cm³/mol. The normalized spacial score (nSPS) is 12.3. The number of hydrogen-bond donors (Lipinski definition) is 2. The summed E-state index contributed by atoms with van der Waals surface area (Å²) in [5.41, 5.74) is 4.84. The van der Waals surface area contributed by atoms with Gasteiger partial charge in [0.1, 0.15) is 17.7 Å². The van der Waals surface area contributed by atoms with Crippen LogP contribution in [0.3, 0.4) is 0 Å². The molecule has 3 aromatic heterocycles. The maximum Gasteiger partial charge on any atom is 0.162 e. The minimum Gasteiger partial charge on any atom is -0.362 e. The van der Waals surface area contributed by atoms with Crippen LogP contribution in [0.2, 0.25) is 0 Å². The third kappa shape index (κ3) is 3.06. The highest BCUT2D eigenvalue weighted by Crippen LogP contribution is 2.36. The quantitative estimate of drug-likeness (QED) is 0.462. The van der Waals surface area contributed by atoms with Crippen LogP contribution >= 0.6 is 0 Å². The molecule has 1 unspecified atom stereocenters. The number of anilines is 1. The fourth-order valence-electron chi connectivity index (χ4n) is 3.62. The number of pyridine rings is 1. The smallest absolute Gasteiger partial charge is 0.162 e. The highest BCUT2D eigenvalue weighted by Gasteiger charge is 2.18. The summed E-state index contributed by atoms with van der Waals surface area (Å²) in [4.78, 5) is 20.4. The maximum absolute atomic E-state index is 14.0. The van der Waals surface area contributed by atoms with Gasteiger partial charge in [-0.25, -0.2) is 19.3 Å². The SMILES string of the molecule is CC(Nc1ncnc2[nH]cnc12)c1ccc2cccnc2c1-c1cccc(F)c1. The van der Waals surface area contributed by atoms with Gasteiger partial charge in [-0.05, 0) is 36.2 Å². The van der Waals surface area contributed by atoms with Crippen LogP contribution in [0.15, 0.2) is 67.4 Å². The van der Waals surface area contributed by atoms with Crippen molar-refractivity contribution in [2.75, 3.05) is 5.32 Å². The first-order chi connectivity index (χ1) is 14.2. The summed E-state index contributed by atoms with van der Waals surface area (Å²) in [5, 5.41) is 4.42. The number of benzene rings is 2. The number of fused-ring (bicyclic) bond motifs is 2. The zero-order valence-electron chi connectivity index (χ0n) is 15.6. The van der Waals surface area contributed by atoms with Gasteiger partial charge in [-0.15, -0.1) is 0 Å². The molecule has 7 heteroatoms. The monoisotopic (exact) mass is 384 g/mol. The summed E-state index contributed by atoms with van der Waals surface area (Å²) in [7, 11) is 0. The Bertz CT molecular complexity index is 1330. The lowest BCUT2D eigenvalue weighted by Gasteiger charge is -2.20. The number of aromatic amines is 1. The number of rotatable bonds is 4. The summed E-state index contributed by atoms with van der Waals surface area (Å²) in [5.74, 6) is 0.353. The van der Waals surface area contributed by atoms with E-state index in [1.54, 1.807) is 18.6 Å². The van der Waals surface area contributed by atoms with E-state index in [9.17, 15) is 4.39 Å². The average Bonchev–Trinajstić information content (AvgIpc) is 3.23. The molecule has 1 atom stereocenters. The molecule has 0 aliphatic rings. The van der Waals surface area contributed by atoms with E-state index in [1.807, 2.05) is 37.3 Å². The molecule has 0 saturated heterocycles. The van der Waals surface area contributed by atoms with Crippen molar-refractivity contribution in [1.29, 1.82) is 0 Å². The molecular formula is C22H17FN6. The zero-order chi connectivity index (χ0) is 19.8. The molecular weight excluding hydrogens is 367 g/mol. The fourth-order valence-corrected chi connectivity index (χ4v) is 3.62. The van der Waals surface area contributed by atoms with Crippen LogP contribution in [0.5, 0.6) is 0 Å². The van der Waals surface area contributed by atoms with E-state index >= 15 is 0 Å². The van der Waals surface area contributed by atoms with E-state index < -0.39 is 0 Å². The van der Waals surface area contributed by atoms with Crippen LogP contribution in [-0.4, -0.2) is 24.9 Å². The molecule has 29 heavy (non-hydrogen) atoms. The molecule has 0 saturated carbocycles. The molecule has 5 rings (SSSR count). The molecule has 0 aliphatic carbocycles. The summed E-state index contributed by atoms with van der Waals surface area (Å²) in [6.45, 7) is 2.04. The molecule has 6 nitrogen and oxygen atoms in total. The van der Waals surface area contributed by atoms with Gasteiger partial charge in [0, 0.05) is 17.1 Å². The summed E-state index contributed by atoms with van der Waals surface area (Å²) >= 11 is 0. The number of halogens is 1. The van der Waals surface area contributed by atoms with E-state index in [0.717, 1.165) is 27.6 Å². The van der Waals surface area contributed by atoms with Crippen molar-refractivity contribution in [2.24, 2.45) is 0 Å². The maximum atomic E-state index is 14.0. The van der Waals surface area contributed by atoms with Gasteiger partial charge in [0.05, 0.1) is 17.9 Å². The highest BCUT2D eigenvalue weighted by molar-refractivity contribution is 5.96. The van der Waals surface area contributed by atoms with Gasteiger partial charge in [-0.1, -0.05) is 30.3 Å². The third-order valence-electron chi connectivity index (χ3n) is 4.96. The summed E-state index contributed by atoms with van der Waals surface area (Å²) in [6.07, 6.45) is 4.84. The number of hydrogen-bond acceptors (Lipinski definition) is 5. The standard InChI is InChI=1S/C22H17FN6/c1-13(29-22-20-21(26-11-25-20)27-12-28-22)17-8-7-14-5-3-9-24-19(14)18(17)15-4-2-6-16(23)10-15/h2-13H,1H3,(H2,25,26,27,28,29). The Kier molecular flexibility index (Phi) is 4.13. The highest BCUT2D eigenvalue weighted by atomic mass is 19.1. The molecule has 0 radical (unpaired) electrons. The van der Waals surface area contributed by atoms with E-state index in [0.29, 0.717) is 17.0 Å². The van der Waals surface area contributed by atoms with E-state index in [1.165, 1.54) is 18.5 Å². The summed E-state index contributed by atoms with van der Waals surface area (Å²) < 4.78 is 14.0. The average molecular weight is 384 g/mol. The Morgan fingerprint density at radius 3 is 2.79 bits per heavy atom. The number of nitrogens with zero attached hydrogens (tertiary/aromatic N) is 4. The van der Waals surface area contributed by atoms with Crippen LogP contribution in [0.4, 0.5) is 10.2 Å². The lowest BCUT2D eigenvalue weighted by Crippen LogP contribution is -2.10. The molecule has 0 aliphatic heterocycles. The molecule has 2 aromatic carbocycles. The molecule has 0 spiro atoms. The third-order valence-corrected chi connectivity index (χ3v) is 4.96. The van der Waals surface area contributed by atoms with Crippen molar-refractivity contribution < 1.29 is 4.39 Å². The van der Waals surface area contributed by atoms with Crippen molar-refractivity contribution in [3.63, 3.8) is 0 Å². The Hall–Kier alpha value is -3.87. The fraction of sp³-hybridized carbons (Fsp3) is 0.0909. The second kappa shape index (κ2) is 6.94. The Morgan fingerprint density at radius 2 is 1.90 bits per heavy atom. The van der Waals surface area contributed by atoms with E-state index in [-0.39, 0.29) is 11.9 Å². The van der Waals surface area contributed by atoms with Crippen molar-refractivity contribution in [1.82, 2.24) is 24.9 Å². The van der Waals surface area contributed by atoms with Gasteiger partial charge in [0.25, 0.3) is 0 Å². The number of nitrogens with one attached hydrogen (secondary N) is 2. The number of H-pyrrole nitrogens is 1. The molecule has 0 amide bonds. The molecule has 0 fully saturated rings. The number of aromatic nitrogens is 5. The molecule has 5 aromatic rings. The van der Waals surface area contributed by atoms with Crippen molar-refractivity contribution in [2.45, 2.75) is 13.0 Å². The van der Waals surface area contributed by atoms with Gasteiger partial charge in [-0.2, -0.15) is 0 Å². The van der Waals surface area contributed by atoms with Crippen molar-refractivity contribution in [3.05, 3.63) is 78.8 Å². The second-order valence-electron chi connectivity index (χ2n) is 6.80. The van der Waals surface area contributed by atoms with E-state index in [4.69, 9.17) is 0 Å². The van der Waals surface area contributed by atoms with Crippen LogP contribution < -0.4 is 5.32 Å². The Morgan fingerprint density at radius 1 is 0.966 bits per heavy atom. The largest absolute Gasteiger partial charge is 0.362 e. The first kappa shape index (κ1) is 17.2. The van der Waals surface area contributed by atoms with E-state index in [2.05, 4.69) is 30.2 Å². The van der Waals surface area contributed by atoms with Gasteiger partial charge in [0.2, 0.25) is 0 Å². The molecule has 2 N–H and O–H groups in total. The second-order valence-corrected chi connectivity index (χ2v) is 6.80. The van der Waals surface area contributed by atoms with Crippen molar-refractivity contribution >= 4 is 27.9 Å². The summed E-state index contributed by atoms with van der Waals surface area (Å²) in [6, 6.07) is 14.4. The first-order valence-electron chi connectivity index (χ1n) is 9.25. The zero-order valence-corrected chi connectivity index (χ0v) is 15.6. The molecule has 3 heterocycles. The van der Waals surface area contributed by atoms with Crippen LogP contribution in [0.1, 0.15) is 18.5 Å². The Balaban J connectivity index is 1.66. The van der Waals surface area contributed by atoms with Gasteiger partial charge >= 0.3 is 0 Å². The first-order valence-corrected chi connectivity index (χ1v) is 9.25. The van der Waals surface area contributed by atoms with Gasteiger partial charge in [0.15, 0.2) is 11.5 Å². The van der Waals surface area contributed by atoms with Crippen LogP contribution in [0, 0.1) is 5.82 Å². The van der Waals surface area contributed by atoms with Gasteiger partial charge < -0.3 is 10.3 Å².